The van der Waals surface area contributed by atoms with Crippen molar-refractivity contribution in [3.05, 3.63) is 35.9 Å². The van der Waals surface area contributed by atoms with E-state index in [1.165, 1.54) is 6.92 Å². The number of carbonyl (C=O) groups is 5. The first kappa shape index (κ1) is 30.1. The number of piperidine rings is 2. The SMILES string of the molecule is CC(=O)COC(=O)C(CNC(=O)[C@@H]1CCCN(C(=O)CCC2CCNCC2)C1)NC(=O)OCc1ccccc1. The van der Waals surface area contributed by atoms with Gasteiger partial charge in [0.15, 0.2) is 5.78 Å². The van der Waals surface area contributed by atoms with Gasteiger partial charge in [-0.25, -0.2) is 9.59 Å². The summed E-state index contributed by atoms with van der Waals surface area (Å²) in [4.78, 5) is 63.6. The zero-order chi connectivity index (χ0) is 28.0. The maximum atomic E-state index is 13.0. The van der Waals surface area contributed by atoms with Gasteiger partial charge in [-0.2, -0.15) is 0 Å². The van der Waals surface area contributed by atoms with E-state index in [1.807, 2.05) is 18.2 Å². The van der Waals surface area contributed by atoms with Crippen LogP contribution in [0.2, 0.25) is 0 Å². The zero-order valence-electron chi connectivity index (χ0n) is 22.6. The maximum absolute atomic E-state index is 13.0. The monoisotopic (exact) mass is 544 g/mol. The molecule has 11 nitrogen and oxygen atoms in total. The standard InChI is InChI=1S/C28H40N4O7/c1-20(33)18-38-27(36)24(31-28(37)39-19-22-6-3-2-4-7-22)16-30-26(35)23-8-5-15-32(17-23)25(34)10-9-21-11-13-29-14-12-21/h2-4,6-7,21,23-24,29H,5,8-19H2,1H3,(H,30,35)(H,31,37)/t23-,24?/m1/s1. The van der Waals surface area contributed by atoms with Gasteiger partial charge < -0.3 is 30.3 Å². The lowest BCUT2D eigenvalue weighted by Gasteiger charge is -2.33. The van der Waals surface area contributed by atoms with Gasteiger partial charge in [0.05, 0.1) is 5.92 Å². The number of alkyl carbamates (subject to hydrolysis) is 1. The molecule has 2 aliphatic heterocycles. The average molecular weight is 545 g/mol. The van der Waals surface area contributed by atoms with Gasteiger partial charge in [-0.1, -0.05) is 30.3 Å². The molecule has 214 valence electrons. The van der Waals surface area contributed by atoms with Crippen LogP contribution < -0.4 is 16.0 Å². The van der Waals surface area contributed by atoms with Gasteiger partial charge in [-0.15, -0.1) is 0 Å². The smallest absolute Gasteiger partial charge is 0.408 e. The fourth-order valence-corrected chi connectivity index (χ4v) is 4.79. The normalized spacial score (nSPS) is 18.5. The number of hydrogen-bond acceptors (Lipinski definition) is 8. The second-order valence-electron chi connectivity index (χ2n) is 10.2. The fourth-order valence-electron chi connectivity index (χ4n) is 4.79. The van der Waals surface area contributed by atoms with E-state index in [9.17, 15) is 24.0 Å². The summed E-state index contributed by atoms with van der Waals surface area (Å²) in [6.45, 7) is 3.52. The first-order valence-corrected chi connectivity index (χ1v) is 13.7. The van der Waals surface area contributed by atoms with E-state index < -0.39 is 30.6 Å². The summed E-state index contributed by atoms with van der Waals surface area (Å²) in [5, 5.41) is 8.45. The highest BCUT2D eigenvalue weighted by atomic mass is 16.6. The van der Waals surface area contributed by atoms with Crippen LogP contribution in [0.4, 0.5) is 4.79 Å². The molecule has 11 heteroatoms. The number of nitrogens with one attached hydrogen (secondary N) is 3. The number of likely N-dealkylation sites (tertiary alicyclic amines) is 1. The van der Waals surface area contributed by atoms with Gasteiger partial charge in [-0.05, 0) is 63.6 Å². The lowest BCUT2D eigenvalue weighted by molar-refractivity contribution is -0.149. The molecule has 0 aromatic heterocycles. The lowest BCUT2D eigenvalue weighted by Crippen LogP contribution is -2.52. The molecule has 39 heavy (non-hydrogen) atoms. The third kappa shape index (κ3) is 10.7. The van der Waals surface area contributed by atoms with E-state index in [4.69, 9.17) is 9.47 Å². The quantitative estimate of drug-likeness (QED) is 0.337. The van der Waals surface area contributed by atoms with Crippen LogP contribution >= 0.6 is 0 Å². The van der Waals surface area contributed by atoms with Crippen molar-refractivity contribution in [1.82, 2.24) is 20.9 Å². The third-order valence-electron chi connectivity index (χ3n) is 7.06. The summed E-state index contributed by atoms with van der Waals surface area (Å²) in [7, 11) is 0. The number of hydrogen-bond donors (Lipinski definition) is 3. The predicted molar refractivity (Wildman–Crippen MR) is 142 cm³/mol. The second-order valence-corrected chi connectivity index (χ2v) is 10.2. The minimum atomic E-state index is -1.25. The van der Waals surface area contributed by atoms with E-state index in [-0.39, 0.29) is 30.7 Å². The summed E-state index contributed by atoms with van der Waals surface area (Å²) < 4.78 is 10.1. The number of ketones is 1. The van der Waals surface area contributed by atoms with Crippen molar-refractivity contribution in [3.8, 4) is 0 Å². The number of Topliss-reactive ketones (excluding diaryl/α,β-unsaturated/α-hetero) is 1. The van der Waals surface area contributed by atoms with Crippen molar-refractivity contribution in [1.29, 1.82) is 0 Å². The Balaban J connectivity index is 1.49. The number of carbonyl (C=O) groups excluding carboxylic acids is 5. The number of benzene rings is 1. The van der Waals surface area contributed by atoms with Crippen LogP contribution in [0, 0.1) is 11.8 Å². The molecule has 0 saturated carbocycles. The highest BCUT2D eigenvalue weighted by molar-refractivity contribution is 5.86. The first-order valence-electron chi connectivity index (χ1n) is 13.7. The van der Waals surface area contributed by atoms with Gasteiger partial charge in [0.25, 0.3) is 0 Å². The van der Waals surface area contributed by atoms with Crippen LogP contribution in [-0.4, -0.2) is 79.9 Å². The molecule has 2 saturated heterocycles. The predicted octanol–water partition coefficient (Wildman–Crippen LogP) is 1.55. The van der Waals surface area contributed by atoms with Crippen molar-refractivity contribution in [2.45, 2.75) is 58.1 Å². The Labute approximate surface area is 229 Å². The number of nitrogens with zero attached hydrogens (tertiary/aromatic N) is 1. The fraction of sp³-hybridized carbons (Fsp3) is 0.607. The lowest BCUT2D eigenvalue weighted by atomic mass is 9.92. The van der Waals surface area contributed by atoms with Gasteiger partial charge in [-0.3, -0.25) is 14.4 Å². The van der Waals surface area contributed by atoms with E-state index in [2.05, 4.69) is 16.0 Å². The molecule has 1 aromatic carbocycles. The van der Waals surface area contributed by atoms with Crippen LogP contribution in [-0.2, 0) is 35.3 Å². The number of ether oxygens (including phenoxy) is 2. The van der Waals surface area contributed by atoms with Crippen molar-refractivity contribution in [3.63, 3.8) is 0 Å². The highest BCUT2D eigenvalue weighted by Crippen LogP contribution is 2.21. The van der Waals surface area contributed by atoms with E-state index in [0.717, 1.165) is 37.9 Å². The molecule has 0 aliphatic carbocycles. The molecule has 2 aliphatic rings. The molecular formula is C28H40N4O7. The Hall–Kier alpha value is -3.47. The van der Waals surface area contributed by atoms with E-state index in [1.54, 1.807) is 17.0 Å². The van der Waals surface area contributed by atoms with Crippen LogP contribution in [0.1, 0.15) is 51.0 Å². The van der Waals surface area contributed by atoms with Crippen molar-refractivity contribution in [2.24, 2.45) is 11.8 Å². The van der Waals surface area contributed by atoms with Gasteiger partial charge in [0.1, 0.15) is 19.3 Å². The Morgan fingerprint density at radius 1 is 1.05 bits per heavy atom. The zero-order valence-corrected chi connectivity index (χ0v) is 22.6. The van der Waals surface area contributed by atoms with Crippen LogP contribution in [0.15, 0.2) is 30.3 Å². The molecule has 0 spiro atoms. The molecule has 1 unspecified atom stereocenters. The highest BCUT2D eigenvalue weighted by Gasteiger charge is 2.30. The topological polar surface area (TPSA) is 143 Å². The van der Waals surface area contributed by atoms with Crippen LogP contribution in [0.25, 0.3) is 0 Å². The molecular weight excluding hydrogens is 504 g/mol. The Kier molecular flexibility index (Phi) is 12.2. The number of rotatable bonds is 12. The largest absolute Gasteiger partial charge is 0.456 e. The molecule has 2 heterocycles. The second kappa shape index (κ2) is 15.8. The molecule has 1 aromatic rings. The molecule has 2 fully saturated rings. The van der Waals surface area contributed by atoms with E-state index in [0.29, 0.717) is 38.3 Å². The van der Waals surface area contributed by atoms with Crippen LogP contribution in [0.3, 0.4) is 0 Å². The average Bonchev–Trinajstić information content (AvgIpc) is 2.96. The minimum Gasteiger partial charge on any atom is -0.456 e. The van der Waals surface area contributed by atoms with Gasteiger partial charge in [0, 0.05) is 26.1 Å². The summed E-state index contributed by atoms with van der Waals surface area (Å²) >= 11 is 0. The first-order chi connectivity index (χ1) is 18.8. The molecule has 0 bridgehead atoms. The summed E-state index contributed by atoms with van der Waals surface area (Å²) in [5.41, 5.74) is 0.767. The summed E-state index contributed by atoms with van der Waals surface area (Å²) in [6, 6.07) is 7.79. The van der Waals surface area contributed by atoms with Gasteiger partial charge in [0.2, 0.25) is 11.8 Å². The molecule has 3 N–H and O–H groups in total. The van der Waals surface area contributed by atoms with Crippen molar-refractivity contribution in [2.75, 3.05) is 39.3 Å². The van der Waals surface area contributed by atoms with Crippen molar-refractivity contribution < 1.29 is 33.4 Å². The number of esters is 1. The Morgan fingerprint density at radius 3 is 2.51 bits per heavy atom. The van der Waals surface area contributed by atoms with Gasteiger partial charge >= 0.3 is 12.1 Å². The molecule has 0 radical (unpaired) electrons. The summed E-state index contributed by atoms with van der Waals surface area (Å²) in [6.07, 6.45) is 3.99. The molecule has 3 rings (SSSR count). The van der Waals surface area contributed by atoms with Crippen molar-refractivity contribution >= 4 is 29.7 Å². The Morgan fingerprint density at radius 2 is 1.79 bits per heavy atom. The molecule has 3 amide bonds. The summed E-state index contributed by atoms with van der Waals surface area (Å²) in [5.74, 6) is -1.31. The Bertz CT molecular complexity index is 981. The van der Waals surface area contributed by atoms with Crippen LogP contribution in [0.5, 0.6) is 0 Å². The third-order valence-corrected chi connectivity index (χ3v) is 7.06. The van der Waals surface area contributed by atoms with E-state index >= 15 is 0 Å². The maximum Gasteiger partial charge on any atom is 0.408 e. The minimum absolute atomic E-state index is 0.00216. The number of amides is 3. The molecule has 2 atom stereocenters.